The van der Waals surface area contributed by atoms with E-state index in [1.54, 1.807) is 7.11 Å². The van der Waals surface area contributed by atoms with Gasteiger partial charge in [-0.1, -0.05) is 19.9 Å². The predicted octanol–water partition coefficient (Wildman–Crippen LogP) is 1.90. The summed E-state index contributed by atoms with van der Waals surface area (Å²) >= 11 is 0. The normalized spacial score (nSPS) is 11.2. The Balaban J connectivity index is 2.70. The van der Waals surface area contributed by atoms with Gasteiger partial charge in [0.15, 0.2) is 0 Å². The Hall–Kier alpha value is -1.66. The van der Waals surface area contributed by atoms with Gasteiger partial charge >= 0.3 is 0 Å². The zero-order valence-corrected chi connectivity index (χ0v) is 12.1. The molecule has 0 unspecified atom stereocenters. The Morgan fingerprint density at radius 2 is 2.15 bits per heavy atom. The lowest BCUT2D eigenvalue weighted by Crippen LogP contribution is -2.35. The van der Waals surface area contributed by atoms with E-state index in [0.29, 0.717) is 13.2 Å². The van der Waals surface area contributed by atoms with E-state index in [1.165, 1.54) is 18.2 Å². The Morgan fingerprint density at radius 1 is 1.45 bits per heavy atom. The summed E-state index contributed by atoms with van der Waals surface area (Å²) in [6, 6.07) is 4.24. The molecule has 0 radical (unpaired) electrons. The van der Waals surface area contributed by atoms with Crippen LogP contribution in [-0.4, -0.2) is 26.2 Å². The van der Waals surface area contributed by atoms with Crippen LogP contribution in [0.2, 0.25) is 0 Å². The van der Waals surface area contributed by atoms with Crippen LogP contribution in [0.1, 0.15) is 30.6 Å². The molecule has 0 saturated carbocycles. The van der Waals surface area contributed by atoms with Crippen molar-refractivity contribution < 1.29 is 13.9 Å². The van der Waals surface area contributed by atoms with Crippen molar-refractivity contribution in [3.63, 3.8) is 0 Å². The molecule has 0 aliphatic heterocycles. The van der Waals surface area contributed by atoms with Gasteiger partial charge in [-0.2, -0.15) is 0 Å². The molecule has 0 fully saturated rings. The second kappa shape index (κ2) is 7.21. The molecule has 0 aromatic heterocycles. The molecule has 1 rings (SSSR count). The monoisotopic (exact) mass is 283 g/mol. The van der Waals surface area contributed by atoms with Crippen molar-refractivity contribution in [2.75, 3.05) is 25.7 Å². The van der Waals surface area contributed by atoms with Crippen LogP contribution >= 0.6 is 0 Å². The van der Waals surface area contributed by atoms with Gasteiger partial charge in [0, 0.05) is 20.3 Å². The SMILES string of the molecule is COCCC(C)(C)CNC(=O)c1cccc(F)c1NN. The second-order valence-corrected chi connectivity index (χ2v) is 5.40. The lowest BCUT2D eigenvalue weighted by Gasteiger charge is -2.24. The number of anilines is 1. The highest BCUT2D eigenvalue weighted by molar-refractivity contribution is 5.99. The molecule has 0 spiro atoms. The Kier molecular flexibility index (Phi) is 5.91. The average Bonchev–Trinajstić information content (AvgIpc) is 2.42. The molecule has 0 atom stereocenters. The number of nitrogen functional groups attached to an aromatic ring is 1. The third kappa shape index (κ3) is 4.47. The first-order chi connectivity index (χ1) is 9.41. The van der Waals surface area contributed by atoms with E-state index < -0.39 is 5.82 Å². The number of methoxy groups -OCH3 is 1. The third-order valence-electron chi connectivity index (χ3n) is 3.11. The molecule has 1 aromatic carbocycles. The number of nitrogens with two attached hydrogens (primary N) is 1. The van der Waals surface area contributed by atoms with Gasteiger partial charge in [0.1, 0.15) is 5.82 Å². The standard InChI is InChI=1S/C14H22FN3O2/c1-14(2,7-8-20-3)9-17-13(19)10-5-4-6-11(15)12(10)18-16/h4-6,18H,7-9,16H2,1-3H3,(H,17,19). The molecule has 0 aliphatic rings. The highest BCUT2D eigenvalue weighted by atomic mass is 19.1. The van der Waals surface area contributed by atoms with Crippen molar-refractivity contribution in [1.29, 1.82) is 0 Å². The largest absolute Gasteiger partial charge is 0.385 e. The fourth-order valence-corrected chi connectivity index (χ4v) is 1.74. The van der Waals surface area contributed by atoms with Gasteiger partial charge in [0.25, 0.3) is 5.91 Å². The predicted molar refractivity (Wildman–Crippen MR) is 76.8 cm³/mol. The molecule has 0 saturated heterocycles. The Morgan fingerprint density at radius 3 is 2.75 bits per heavy atom. The number of rotatable bonds is 7. The number of para-hydroxylation sites is 1. The molecule has 5 nitrogen and oxygen atoms in total. The highest BCUT2D eigenvalue weighted by Gasteiger charge is 2.20. The fraction of sp³-hybridized carbons (Fsp3) is 0.500. The zero-order valence-electron chi connectivity index (χ0n) is 12.1. The summed E-state index contributed by atoms with van der Waals surface area (Å²) in [7, 11) is 1.64. The molecular formula is C14H22FN3O2. The van der Waals surface area contributed by atoms with Crippen molar-refractivity contribution in [1.82, 2.24) is 5.32 Å². The first-order valence-corrected chi connectivity index (χ1v) is 6.43. The number of carbonyl (C=O) groups excluding carboxylic acids is 1. The smallest absolute Gasteiger partial charge is 0.253 e. The maximum Gasteiger partial charge on any atom is 0.253 e. The summed E-state index contributed by atoms with van der Waals surface area (Å²) in [6.45, 7) is 5.15. The summed E-state index contributed by atoms with van der Waals surface area (Å²) in [5.74, 6) is 4.34. The molecule has 0 aliphatic carbocycles. The summed E-state index contributed by atoms with van der Waals surface area (Å²) < 4.78 is 18.5. The highest BCUT2D eigenvalue weighted by Crippen LogP contribution is 2.21. The lowest BCUT2D eigenvalue weighted by atomic mass is 9.89. The van der Waals surface area contributed by atoms with E-state index >= 15 is 0 Å². The number of amides is 1. The fourth-order valence-electron chi connectivity index (χ4n) is 1.74. The molecule has 0 bridgehead atoms. The maximum atomic E-state index is 13.5. The van der Waals surface area contributed by atoms with Gasteiger partial charge in [0.05, 0.1) is 11.3 Å². The maximum absolute atomic E-state index is 13.5. The van der Waals surface area contributed by atoms with Crippen LogP contribution in [0.25, 0.3) is 0 Å². The second-order valence-electron chi connectivity index (χ2n) is 5.40. The van der Waals surface area contributed by atoms with E-state index in [4.69, 9.17) is 10.6 Å². The third-order valence-corrected chi connectivity index (χ3v) is 3.11. The molecule has 1 aromatic rings. The number of carbonyl (C=O) groups is 1. The van der Waals surface area contributed by atoms with Gasteiger partial charge < -0.3 is 15.5 Å². The van der Waals surface area contributed by atoms with Crippen molar-refractivity contribution in [2.24, 2.45) is 11.3 Å². The van der Waals surface area contributed by atoms with Crippen LogP contribution in [0.15, 0.2) is 18.2 Å². The van der Waals surface area contributed by atoms with Crippen molar-refractivity contribution in [2.45, 2.75) is 20.3 Å². The van der Waals surface area contributed by atoms with Crippen LogP contribution in [0.3, 0.4) is 0 Å². The van der Waals surface area contributed by atoms with E-state index in [9.17, 15) is 9.18 Å². The number of hydrogen-bond donors (Lipinski definition) is 3. The number of hydrazine groups is 1. The number of hydrogen-bond acceptors (Lipinski definition) is 4. The zero-order chi connectivity index (χ0) is 15.2. The molecule has 20 heavy (non-hydrogen) atoms. The van der Waals surface area contributed by atoms with Crippen molar-refractivity contribution in [3.8, 4) is 0 Å². The first-order valence-electron chi connectivity index (χ1n) is 6.43. The molecule has 112 valence electrons. The minimum Gasteiger partial charge on any atom is -0.385 e. The number of ether oxygens (including phenoxy) is 1. The number of nitrogens with one attached hydrogen (secondary N) is 2. The van der Waals surface area contributed by atoms with Crippen molar-refractivity contribution >= 4 is 11.6 Å². The lowest BCUT2D eigenvalue weighted by molar-refractivity contribution is 0.0921. The summed E-state index contributed by atoms with van der Waals surface area (Å²) in [4.78, 5) is 12.1. The minimum absolute atomic E-state index is 0.000280. The van der Waals surface area contributed by atoms with Gasteiger partial charge in [-0.05, 0) is 24.0 Å². The van der Waals surface area contributed by atoms with Gasteiger partial charge in [-0.3, -0.25) is 10.6 Å². The summed E-state index contributed by atoms with van der Waals surface area (Å²) in [5.41, 5.74) is 2.31. The van der Waals surface area contributed by atoms with Gasteiger partial charge in [0.2, 0.25) is 0 Å². The van der Waals surface area contributed by atoms with Crippen LogP contribution in [0.5, 0.6) is 0 Å². The van der Waals surface area contributed by atoms with E-state index in [-0.39, 0.29) is 22.6 Å². The quantitative estimate of drug-likeness (QED) is 0.528. The Bertz CT molecular complexity index is 464. The molecule has 6 heteroatoms. The van der Waals surface area contributed by atoms with Crippen LogP contribution in [0, 0.1) is 11.2 Å². The minimum atomic E-state index is -0.557. The van der Waals surface area contributed by atoms with Crippen molar-refractivity contribution in [3.05, 3.63) is 29.6 Å². The van der Waals surface area contributed by atoms with Crippen LogP contribution < -0.4 is 16.6 Å². The van der Waals surface area contributed by atoms with Crippen LogP contribution in [-0.2, 0) is 4.74 Å². The first kappa shape index (κ1) is 16.4. The molecule has 0 heterocycles. The van der Waals surface area contributed by atoms with Gasteiger partial charge in [-0.15, -0.1) is 0 Å². The van der Waals surface area contributed by atoms with Gasteiger partial charge in [-0.25, -0.2) is 4.39 Å². The molecule has 1 amide bonds. The van der Waals surface area contributed by atoms with E-state index in [2.05, 4.69) is 10.7 Å². The number of benzene rings is 1. The van der Waals surface area contributed by atoms with E-state index in [1.807, 2.05) is 13.8 Å². The number of halogens is 1. The topological polar surface area (TPSA) is 76.4 Å². The molecular weight excluding hydrogens is 261 g/mol. The van der Waals surface area contributed by atoms with Crippen LogP contribution in [0.4, 0.5) is 10.1 Å². The summed E-state index contributed by atoms with van der Waals surface area (Å²) in [5, 5.41) is 2.79. The van der Waals surface area contributed by atoms with E-state index in [0.717, 1.165) is 6.42 Å². The average molecular weight is 283 g/mol. The summed E-state index contributed by atoms with van der Waals surface area (Å²) in [6.07, 6.45) is 0.814. The Labute approximate surface area is 118 Å². The molecule has 4 N–H and O–H groups in total.